The highest BCUT2D eigenvalue weighted by Gasteiger charge is 2.15. The smallest absolute Gasteiger partial charge is 0.234 e. The molecule has 1 atom stereocenters. The van der Waals surface area contributed by atoms with Crippen LogP contribution in [0.25, 0.3) is 0 Å². The van der Waals surface area contributed by atoms with E-state index in [1.54, 1.807) is 0 Å². The minimum absolute atomic E-state index is 0.0392. The Hall–Kier alpha value is -1.69. The van der Waals surface area contributed by atoms with E-state index in [0.29, 0.717) is 13.1 Å². The molecule has 0 heterocycles. The third-order valence-electron chi connectivity index (χ3n) is 4.11. The predicted molar refractivity (Wildman–Crippen MR) is 106 cm³/mol. The van der Waals surface area contributed by atoms with Crippen molar-refractivity contribution >= 4 is 21.8 Å². The highest BCUT2D eigenvalue weighted by molar-refractivity contribution is 9.10. The highest BCUT2D eigenvalue weighted by atomic mass is 79.9. The Balaban J connectivity index is 1.85. The normalized spacial score (nSPS) is 12.4. The fourth-order valence-electron chi connectivity index (χ4n) is 2.76. The van der Waals surface area contributed by atoms with Crippen molar-refractivity contribution in [2.75, 3.05) is 34.2 Å². The van der Waals surface area contributed by atoms with Crippen molar-refractivity contribution < 1.29 is 4.79 Å². The monoisotopic (exact) mass is 403 g/mol. The summed E-state index contributed by atoms with van der Waals surface area (Å²) in [5.41, 5.74) is 2.38. The molecule has 5 heteroatoms. The van der Waals surface area contributed by atoms with Gasteiger partial charge >= 0.3 is 0 Å². The highest BCUT2D eigenvalue weighted by Crippen LogP contribution is 2.18. The number of halogens is 1. The Labute approximate surface area is 159 Å². The molecule has 0 bridgehead atoms. The molecule has 2 aromatic carbocycles. The second-order valence-electron chi connectivity index (χ2n) is 6.46. The largest absolute Gasteiger partial charge is 0.353 e. The van der Waals surface area contributed by atoms with E-state index in [0.717, 1.165) is 11.0 Å². The van der Waals surface area contributed by atoms with Gasteiger partial charge in [0, 0.05) is 17.6 Å². The first-order chi connectivity index (χ1) is 12.0. The zero-order chi connectivity index (χ0) is 18.2. The van der Waals surface area contributed by atoms with E-state index >= 15 is 0 Å². The van der Waals surface area contributed by atoms with Crippen LogP contribution in [0.5, 0.6) is 0 Å². The Kier molecular flexibility index (Phi) is 7.62. The summed E-state index contributed by atoms with van der Waals surface area (Å²) >= 11 is 3.55. The molecular weight excluding hydrogens is 378 g/mol. The fraction of sp³-hybridized carbons (Fsp3) is 0.350. The Morgan fingerprint density at radius 2 is 1.68 bits per heavy atom. The van der Waals surface area contributed by atoms with Gasteiger partial charge in [-0.25, -0.2) is 0 Å². The average molecular weight is 404 g/mol. The maximum atomic E-state index is 12.3. The van der Waals surface area contributed by atoms with Crippen LogP contribution in [-0.4, -0.2) is 49.9 Å². The van der Waals surface area contributed by atoms with Crippen LogP contribution in [0.2, 0.25) is 0 Å². The number of amides is 1. The number of rotatable bonds is 8. The Morgan fingerprint density at radius 1 is 1.04 bits per heavy atom. The molecule has 2 rings (SSSR count). The summed E-state index contributed by atoms with van der Waals surface area (Å²) in [4.78, 5) is 16.4. The lowest BCUT2D eigenvalue weighted by Crippen LogP contribution is -2.39. The number of benzene rings is 2. The second kappa shape index (κ2) is 9.70. The van der Waals surface area contributed by atoms with E-state index in [1.165, 1.54) is 11.1 Å². The molecule has 2 aromatic rings. The molecule has 4 nitrogen and oxygen atoms in total. The predicted octanol–water partition coefficient (Wildman–Crippen LogP) is 3.30. The van der Waals surface area contributed by atoms with Crippen LogP contribution in [-0.2, 0) is 11.3 Å². The van der Waals surface area contributed by atoms with Crippen LogP contribution in [0.3, 0.4) is 0 Å². The van der Waals surface area contributed by atoms with Gasteiger partial charge in [0.25, 0.3) is 0 Å². The van der Waals surface area contributed by atoms with Crippen LogP contribution in [0.15, 0.2) is 59.1 Å². The number of hydrogen-bond donors (Lipinski definition) is 1. The summed E-state index contributed by atoms with van der Waals surface area (Å²) in [5.74, 6) is 0.0392. The van der Waals surface area contributed by atoms with E-state index in [1.807, 2.05) is 62.4 Å². The average Bonchev–Trinajstić information content (AvgIpc) is 2.57. The summed E-state index contributed by atoms with van der Waals surface area (Å²) in [6.45, 7) is 1.69. The maximum Gasteiger partial charge on any atom is 0.234 e. The van der Waals surface area contributed by atoms with Gasteiger partial charge in [0.05, 0.1) is 12.6 Å². The van der Waals surface area contributed by atoms with Crippen LogP contribution in [0, 0.1) is 0 Å². The molecule has 0 spiro atoms. The molecule has 0 radical (unpaired) electrons. The van der Waals surface area contributed by atoms with Crippen molar-refractivity contribution in [2.24, 2.45) is 0 Å². The minimum atomic E-state index is 0.0392. The number of nitrogens with one attached hydrogen (secondary N) is 1. The van der Waals surface area contributed by atoms with E-state index in [9.17, 15) is 4.79 Å². The molecule has 1 unspecified atom stereocenters. The standard InChI is InChI=1S/C20H26BrN3O/c1-23(2)19(16-9-5-4-6-10-16)13-22-20(25)15-24(3)14-17-11-7-8-12-18(17)21/h4-12,19H,13-15H2,1-3H3,(H,22,25). The van der Waals surface area contributed by atoms with Crippen molar-refractivity contribution in [3.8, 4) is 0 Å². The van der Waals surface area contributed by atoms with Gasteiger partial charge < -0.3 is 10.2 Å². The Morgan fingerprint density at radius 3 is 2.32 bits per heavy atom. The van der Waals surface area contributed by atoms with Crippen LogP contribution in [0.1, 0.15) is 17.2 Å². The molecule has 0 fully saturated rings. The van der Waals surface area contributed by atoms with Crippen LogP contribution >= 0.6 is 15.9 Å². The summed E-state index contributed by atoms with van der Waals surface area (Å²) < 4.78 is 1.07. The van der Waals surface area contributed by atoms with Crippen molar-refractivity contribution in [1.82, 2.24) is 15.1 Å². The molecule has 1 N–H and O–H groups in total. The molecule has 0 saturated carbocycles. The van der Waals surface area contributed by atoms with E-state index in [-0.39, 0.29) is 11.9 Å². The van der Waals surface area contributed by atoms with Crippen molar-refractivity contribution in [2.45, 2.75) is 12.6 Å². The zero-order valence-corrected chi connectivity index (χ0v) is 16.7. The van der Waals surface area contributed by atoms with E-state index in [4.69, 9.17) is 0 Å². The third kappa shape index (κ3) is 6.27. The van der Waals surface area contributed by atoms with Gasteiger partial charge in [-0.15, -0.1) is 0 Å². The van der Waals surface area contributed by atoms with Gasteiger partial charge in [-0.05, 0) is 38.3 Å². The number of carbonyl (C=O) groups is 1. The minimum Gasteiger partial charge on any atom is -0.353 e. The van der Waals surface area contributed by atoms with Gasteiger partial charge in [-0.3, -0.25) is 9.69 Å². The van der Waals surface area contributed by atoms with Crippen LogP contribution in [0.4, 0.5) is 0 Å². The summed E-state index contributed by atoms with van der Waals surface area (Å²) in [6.07, 6.45) is 0. The van der Waals surface area contributed by atoms with Gasteiger partial charge in [0.15, 0.2) is 0 Å². The molecule has 0 aliphatic carbocycles. The number of hydrogen-bond acceptors (Lipinski definition) is 3. The number of carbonyl (C=O) groups excluding carboxylic acids is 1. The lowest BCUT2D eigenvalue weighted by atomic mass is 10.1. The molecule has 0 aliphatic heterocycles. The Bertz CT molecular complexity index is 676. The van der Waals surface area contributed by atoms with Gasteiger partial charge in [-0.1, -0.05) is 64.5 Å². The van der Waals surface area contributed by atoms with Crippen LogP contribution < -0.4 is 5.32 Å². The topological polar surface area (TPSA) is 35.6 Å². The van der Waals surface area contributed by atoms with E-state index < -0.39 is 0 Å². The quantitative estimate of drug-likeness (QED) is 0.734. The molecule has 134 valence electrons. The molecule has 0 aliphatic rings. The van der Waals surface area contributed by atoms with Gasteiger partial charge in [0.1, 0.15) is 0 Å². The number of nitrogens with zero attached hydrogens (tertiary/aromatic N) is 2. The molecule has 0 saturated heterocycles. The van der Waals surface area contributed by atoms with Gasteiger partial charge in [-0.2, -0.15) is 0 Å². The molecule has 25 heavy (non-hydrogen) atoms. The zero-order valence-electron chi connectivity index (χ0n) is 15.1. The lowest BCUT2D eigenvalue weighted by molar-refractivity contribution is -0.122. The SMILES string of the molecule is CN(CC(=O)NCC(c1ccccc1)N(C)C)Cc1ccccc1Br. The first-order valence-corrected chi connectivity index (χ1v) is 9.16. The molecule has 0 aromatic heterocycles. The maximum absolute atomic E-state index is 12.3. The molecule has 1 amide bonds. The number of likely N-dealkylation sites (N-methyl/N-ethyl adjacent to an activating group) is 2. The summed E-state index contributed by atoms with van der Waals surface area (Å²) in [7, 11) is 6.02. The lowest BCUT2D eigenvalue weighted by Gasteiger charge is -2.25. The second-order valence-corrected chi connectivity index (χ2v) is 7.31. The fourth-order valence-corrected chi connectivity index (χ4v) is 3.17. The first kappa shape index (κ1) is 19.6. The summed E-state index contributed by atoms with van der Waals surface area (Å²) in [5, 5.41) is 3.06. The third-order valence-corrected chi connectivity index (χ3v) is 4.89. The van der Waals surface area contributed by atoms with Gasteiger partial charge in [0.2, 0.25) is 5.91 Å². The van der Waals surface area contributed by atoms with Crippen molar-refractivity contribution in [3.05, 3.63) is 70.2 Å². The summed E-state index contributed by atoms with van der Waals surface area (Å²) in [6, 6.07) is 18.5. The van der Waals surface area contributed by atoms with Crippen molar-refractivity contribution in [1.29, 1.82) is 0 Å². The first-order valence-electron chi connectivity index (χ1n) is 8.37. The van der Waals surface area contributed by atoms with Crippen molar-refractivity contribution in [3.63, 3.8) is 0 Å². The molecular formula is C20H26BrN3O. The van der Waals surface area contributed by atoms with E-state index in [2.05, 4.69) is 44.3 Å².